The molecule has 110 valence electrons. The highest BCUT2D eigenvalue weighted by atomic mass is 16.4. The molecule has 5 heteroatoms. The van der Waals surface area contributed by atoms with Crippen LogP contribution in [-0.2, 0) is 4.79 Å². The number of likely N-dealkylation sites (tertiary alicyclic amines) is 1. The maximum Gasteiger partial charge on any atom is 0.311 e. The third kappa shape index (κ3) is 2.44. The highest BCUT2D eigenvalue weighted by Crippen LogP contribution is 2.34. The van der Waals surface area contributed by atoms with Crippen LogP contribution in [0.2, 0.25) is 0 Å². The zero-order chi connectivity index (χ0) is 14.9. The number of carbonyl (C=O) groups is 2. The molecular formula is C15H21NO4. The Balaban J connectivity index is 2.23. The molecule has 1 aliphatic rings. The third-order valence-corrected chi connectivity index (χ3v) is 4.27. The molecule has 2 rings (SSSR count). The van der Waals surface area contributed by atoms with Gasteiger partial charge in [-0.1, -0.05) is 6.92 Å². The molecule has 0 aliphatic carbocycles. The number of furan rings is 1. The lowest BCUT2D eigenvalue weighted by Gasteiger charge is -2.39. The fraction of sp³-hybridized carbons (Fsp3) is 0.600. The van der Waals surface area contributed by atoms with E-state index in [2.05, 4.69) is 0 Å². The summed E-state index contributed by atoms with van der Waals surface area (Å²) in [4.78, 5) is 25.7. The molecule has 20 heavy (non-hydrogen) atoms. The molecule has 0 aromatic carbocycles. The predicted molar refractivity (Wildman–Crippen MR) is 73.7 cm³/mol. The van der Waals surface area contributed by atoms with Gasteiger partial charge < -0.3 is 14.4 Å². The Morgan fingerprint density at radius 2 is 2.15 bits per heavy atom. The molecule has 1 aromatic rings. The van der Waals surface area contributed by atoms with Crippen LogP contribution in [0.1, 0.15) is 48.1 Å². The second-order valence-electron chi connectivity index (χ2n) is 5.60. The number of hydrogen-bond acceptors (Lipinski definition) is 3. The molecule has 0 bridgehead atoms. The molecule has 1 amide bonds. The smallest absolute Gasteiger partial charge is 0.311 e. The molecule has 1 aliphatic heterocycles. The van der Waals surface area contributed by atoms with E-state index in [0.717, 1.165) is 6.42 Å². The van der Waals surface area contributed by atoms with E-state index in [-0.39, 0.29) is 12.5 Å². The molecule has 0 saturated carbocycles. The summed E-state index contributed by atoms with van der Waals surface area (Å²) in [5.74, 6) is 0.356. The van der Waals surface area contributed by atoms with E-state index in [1.807, 2.05) is 6.92 Å². The number of carboxylic acid groups (broad SMARTS) is 1. The summed E-state index contributed by atoms with van der Waals surface area (Å²) in [6, 6.07) is 1.72. The minimum atomic E-state index is -0.808. The fourth-order valence-electron chi connectivity index (χ4n) is 2.93. The summed E-state index contributed by atoms with van der Waals surface area (Å²) < 4.78 is 5.39. The van der Waals surface area contributed by atoms with E-state index >= 15 is 0 Å². The molecule has 1 N–H and O–H groups in total. The monoisotopic (exact) mass is 279 g/mol. The van der Waals surface area contributed by atoms with Gasteiger partial charge in [-0.3, -0.25) is 9.59 Å². The fourth-order valence-corrected chi connectivity index (χ4v) is 2.93. The van der Waals surface area contributed by atoms with Gasteiger partial charge in [0.25, 0.3) is 5.91 Å². The largest absolute Gasteiger partial charge is 0.481 e. The van der Waals surface area contributed by atoms with E-state index in [9.17, 15) is 14.7 Å². The van der Waals surface area contributed by atoms with Crippen LogP contribution in [0.4, 0.5) is 0 Å². The first-order valence-corrected chi connectivity index (χ1v) is 6.99. The lowest BCUT2D eigenvalue weighted by Crippen LogP contribution is -2.49. The van der Waals surface area contributed by atoms with Gasteiger partial charge in [-0.15, -0.1) is 0 Å². The summed E-state index contributed by atoms with van der Waals surface area (Å²) in [6.07, 6.45) is 1.89. The number of carboxylic acids is 1. The SMILES string of the molecule is CCC1(C(=O)O)CCCN(C(=O)c2cc(C)oc2C)C1. The van der Waals surface area contributed by atoms with Crippen LogP contribution >= 0.6 is 0 Å². The lowest BCUT2D eigenvalue weighted by atomic mass is 9.77. The Bertz CT molecular complexity index is 534. The molecular weight excluding hydrogens is 258 g/mol. The van der Waals surface area contributed by atoms with Crippen LogP contribution in [-0.4, -0.2) is 35.0 Å². The number of hydrogen-bond donors (Lipinski definition) is 1. The minimum Gasteiger partial charge on any atom is -0.481 e. The quantitative estimate of drug-likeness (QED) is 0.923. The van der Waals surface area contributed by atoms with Crippen LogP contribution in [0.15, 0.2) is 10.5 Å². The maximum absolute atomic E-state index is 12.5. The summed E-state index contributed by atoms with van der Waals surface area (Å²) in [6.45, 7) is 6.32. The molecule has 1 fully saturated rings. The summed E-state index contributed by atoms with van der Waals surface area (Å²) in [5, 5.41) is 9.46. The van der Waals surface area contributed by atoms with Crippen molar-refractivity contribution in [1.29, 1.82) is 0 Å². The molecule has 0 spiro atoms. The van der Waals surface area contributed by atoms with Crippen LogP contribution < -0.4 is 0 Å². The maximum atomic E-state index is 12.5. The van der Waals surface area contributed by atoms with Crippen LogP contribution in [0.3, 0.4) is 0 Å². The second-order valence-corrected chi connectivity index (χ2v) is 5.60. The number of piperidine rings is 1. The Morgan fingerprint density at radius 1 is 1.45 bits per heavy atom. The number of rotatable bonds is 3. The Hall–Kier alpha value is -1.78. The number of aliphatic carboxylic acids is 1. The Morgan fingerprint density at radius 3 is 2.65 bits per heavy atom. The predicted octanol–water partition coefficient (Wildman–Crippen LogP) is 2.61. The molecule has 5 nitrogen and oxygen atoms in total. The number of amides is 1. The topological polar surface area (TPSA) is 70.8 Å². The second kappa shape index (κ2) is 5.31. The molecule has 2 heterocycles. The molecule has 1 aromatic heterocycles. The van der Waals surface area contributed by atoms with Crippen molar-refractivity contribution in [3.63, 3.8) is 0 Å². The zero-order valence-electron chi connectivity index (χ0n) is 12.2. The van der Waals surface area contributed by atoms with Crippen LogP contribution in [0.5, 0.6) is 0 Å². The van der Waals surface area contributed by atoms with Gasteiger partial charge in [0.15, 0.2) is 0 Å². The van der Waals surface area contributed by atoms with E-state index < -0.39 is 11.4 Å². The Labute approximate surface area is 118 Å². The van der Waals surface area contributed by atoms with Crippen molar-refractivity contribution in [2.24, 2.45) is 5.41 Å². The van der Waals surface area contributed by atoms with Gasteiger partial charge in [0.2, 0.25) is 0 Å². The van der Waals surface area contributed by atoms with Gasteiger partial charge in [0.1, 0.15) is 11.5 Å². The first-order chi connectivity index (χ1) is 9.39. The van der Waals surface area contributed by atoms with Crippen molar-refractivity contribution >= 4 is 11.9 Å². The average Bonchev–Trinajstić information content (AvgIpc) is 2.76. The van der Waals surface area contributed by atoms with Gasteiger partial charge in [-0.25, -0.2) is 0 Å². The standard InChI is InChI=1S/C15H21NO4/c1-4-15(14(18)19)6-5-7-16(9-15)13(17)12-8-10(2)20-11(12)3/h8H,4-7,9H2,1-3H3,(H,18,19). The van der Waals surface area contributed by atoms with E-state index in [1.165, 1.54) is 0 Å². The van der Waals surface area contributed by atoms with Gasteiger partial charge in [0.05, 0.1) is 11.0 Å². The van der Waals surface area contributed by atoms with Crippen molar-refractivity contribution in [1.82, 2.24) is 4.90 Å². The van der Waals surface area contributed by atoms with Gasteiger partial charge in [-0.2, -0.15) is 0 Å². The molecule has 1 atom stereocenters. The van der Waals surface area contributed by atoms with Gasteiger partial charge >= 0.3 is 5.97 Å². The van der Waals surface area contributed by atoms with Gasteiger partial charge in [-0.05, 0) is 39.2 Å². The van der Waals surface area contributed by atoms with Crippen LogP contribution in [0.25, 0.3) is 0 Å². The van der Waals surface area contributed by atoms with Crippen molar-refractivity contribution < 1.29 is 19.1 Å². The van der Waals surface area contributed by atoms with Crippen molar-refractivity contribution in [2.45, 2.75) is 40.0 Å². The zero-order valence-corrected chi connectivity index (χ0v) is 12.2. The summed E-state index contributed by atoms with van der Waals surface area (Å²) >= 11 is 0. The Kier molecular flexibility index (Phi) is 3.88. The highest BCUT2D eigenvalue weighted by Gasteiger charge is 2.42. The van der Waals surface area contributed by atoms with Crippen molar-refractivity contribution in [3.05, 3.63) is 23.2 Å². The highest BCUT2D eigenvalue weighted by molar-refractivity contribution is 5.95. The van der Waals surface area contributed by atoms with E-state index in [1.54, 1.807) is 24.8 Å². The molecule has 1 saturated heterocycles. The number of nitrogens with zero attached hydrogens (tertiary/aromatic N) is 1. The van der Waals surface area contributed by atoms with Gasteiger partial charge in [0, 0.05) is 13.1 Å². The minimum absolute atomic E-state index is 0.127. The van der Waals surface area contributed by atoms with E-state index in [4.69, 9.17) is 4.42 Å². The van der Waals surface area contributed by atoms with Crippen molar-refractivity contribution in [2.75, 3.05) is 13.1 Å². The van der Waals surface area contributed by atoms with Crippen molar-refractivity contribution in [3.8, 4) is 0 Å². The number of carbonyl (C=O) groups excluding carboxylic acids is 1. The summed E-state index contributed by atoms with van der Waals surface area (Å²) in [7, 11) is 0. The first kappa shape index (κ1) is 14.6. The molecule has 1 unspecified atom stereocenters. The lowest BCUT2D eigenvalue weighted by molar-refractivity contribution is -0.152. The normalized spacial score (nSPS) is 22.9. The third-order valence-electron chi connectivity index (χ3n) is 4.27. The average molecular weight is 279 g/mol. The van der Waals surface area contributed by atoms with Crippen LogP contribution in [0, 0.1) is 19.3 Å². The summed E-state index contributed by atoms with van der Waals surface area (Å²) in [5.41, 5.74) is -0.263. The number of aryl methyl sites for hydroxylation is 2. The first-order valence-electron chi connectivity index (χ1n) is 6.99. The molecule has 0 radical (unpaired) electrons. The van der Waals surface area contributed by atoms with E-state index in [0.29, 0.717) is 36.5 Å².